The Kier molecular flexibility index (Phi) is 4.83. The molecule has 3 rings (SSSR count). The van der Waals surface area contributed by atoms with E-state index in [2.05, 4.69) is 25.8 Å². The molecule has 0 aliphatic heterocycles. The van der Waals surface area contributed by atoms with Crippen LogP contribution in [0.4, 0.5) is 23.1 Å². The van der Waals surface area contributed by atoms with E-state index in [9.17, 15) is 0 Å². The largest absolute Gasteiger partial charge is 0.339 e. The van der Waals surface area contributed by atoms with Crippen LogP contribution in [0.2, 0.25) is 10.0 Å². The van der Waals surface area contributed by atoms with Crippen LogP contribution in [-0.2, 0) is 0 Å². The van der Waals surface area contributed by atoms with E-state index in [4.69, 9.17) is 23.2 Å². The Bertz CT molecular complexity index is 814. The van der Waals surface area contributed by atoms with Crippen LogP contribution in [0.5, 0.6) is 0 Å². The van der Waals surface area contributed by atoms with Crippen molar-refractivity contribution < 1.29 is 0 Å². The van der Waals surface area contributed by atoms with Gasteiger partial charge in [0, 0.05) is 21.4 Å². The van der Waals surface area contributed by atoms with Gasteiger partial charge in [0.2, 0.25) is 5.95 Å². The van der Waals surface area contributed by atoms with Crippen molar-refractivity contribution in [1.29, 1.82) is 0 Å². The highest BCUT2D eigenvalue weighted by Gasteiger charge is 2.06. The predicted molar refractivity (Wildman–Crippen MR) is 98.8 cm³/mol. The minimum Gasteiger partial charge on any atom is -0.339 e. The van der Waals surface area contributed by atoms with Crippen LogP contribution in [0, 0.1) is 13.8 Å². The summed E-state index contributed by atoms with van der Waals surface area (Å²) in [5.74, 6) is 0.947. The third-order valence-corrected chi connectivity index (χ3v) is 3.94. The average molecular weight is 360 g/mol. The predicted octanol–water partition coefficient (Wildman–Crippen LogP) is 5.28. The molecule has 0 spiro atoms. The van der Waals surface area contributed by atoms with Crippen LogP contribution in [-0.4, -0.2) is 15.2 Å². The highest BCUT2D eigenvalue weighted by atomic mass is 35.5. The minimum absolute atomic E-state index is 0.380. The molecular weight excluding hydrogens is 345 g/mol. The van der Waals surface area contributed by atoms with E-state index >= 15 is 0 Å². The molecule has 0 fully saturated rings. The lowest BCUT2D eigenvalue weighted by molar-refractivity contribution is 0.981. The fourth-order valence-electron chi connectivity index (χ4n) is 2.13. The smallest absolute Gasteiger partial charge is 0.249 e. The van der Waals surface area contributed by atoms with Gasteiger partial charge in [-0.25, -0.2) is 0 Å². The lowest BCUT2D eigenvalue weighted by Crippen LogP contribution is -2.03. The molecule has 0 unspecified atom stereocenters. The van der Waals surface area contributed by atoms with Crippen molar-refractivity contribution in [3.8, 4) is 0 Å². The van der Waals surface area contributed by atoms with E-state index in [1.54, 1.807) is 6.20 Å². The average Bonchev–Trinajstić information content (AvgIpc) is 2.55. The zero-order chi connectivity index (χ0) is 17.1. The van der Waals surface area contributed by atoms with Gasteiger partial charge in [-0.3, -0.25) is 0 Å². The Morgan fingerprint density at radius 3 is 2.04 bits per heavy atom. The van der Waals surface area contributed by atoms with Gasteiger partial charge in [0.15, 0.2) is 5.82 Å². The third-order valence-electron chi connectivity index (χ3n) is 3.47. The molecule has 0 atom stereocenters. The fourth-order valence-corrected chi connectivity index (χ4v) is 2.48. The van der Waals surface area contributed by atoms with Crippen molar-refractivity contribution >= 4 is 46.3 Å². The molecule has 0 saturated heterocycles. The second-order valence-electron chi connectivity index (χ2n) is 5.33. The van der Waals surface area contributed by atoms with Crippen LogP contribution in [0.25, 0.3) is 0 Å². The SMILES string of the molecule is Cc1ccc(Cl)cc1Nc1cnnc(Nc2cc(Cl)ccc2C)n1. The molecule has 5 nitrogen and oxygen atoms in total. The summed E-state index contributed by atoms with van der Waals surface area (Å²) in [6.45, 7) is 3.96. The molecule has 0 radical (unpaired) electrons. The number of benzene rings is 2. The lowest BCUT2D eigenvalue weighted by atomic mass is 10.2. The molecule has 122 valence electrons. The van der Waals surface area contributed by atoms with Gasteiger partial charge in [-0.1, -0.05) is 35.3 Å². The summed E-state index contributed by atoms with van der Waals surface area (Å²) in [6, 6.07) is 11.2. The maximum atomic E-state index is 6.04. The highest BCUT2D eigenvalue weighted by Crippen LogP contribution is 2.25. The Morgan fingerprint density at radius 1 is 0.833 bits per heavy atom. The standard InChI is InChI=1S/C17H15Cl2N5/c1-10-3-5-12(18)7-14(10)21-16-9-20-24-17(23-16)22-15-8-13(19)6-4-11(15)2/h3-9H,1-2H3,(H2,21,22,23,24). The summed E-state index contributed by atoms with van der Waals surface area (Å²) in [7, 11) is 0. The van der Waals surface area contributed by atoms with E-state index in [-0.39, 0.29) is 0 Å². The molecule has 2 aromatic carbocycles. The lowest BCUT2D eigenvalue weighted by Gasteiger charge is -2.11. The molecule has 1 aromatic heterocycles. The van der Waals surface area contributed by atoms with E-state index < -0.39 is 0 Å². The summed E-state index contributed by atoms with van der Waals surface area (Å²) in [5.41, 5.74) is 3.79. The molecule has 0 saturated carbocycles. The van der Waals surface area contributed by atoms with Gasteiger partial charge in [0.25, 0.3) is 0 Å². The van der Waals surface area contributed by atoms with Crippen molar-refractivity contribution in [1.82, 2.24) is 15.2 Å². The van der Waals surface area contributed by atoms with Crippen LogP contribution < -0.4 is 10.6 Å². The Balaban J connectivity index is 1.84. The number of hydrogen-bond donors (Lipinski definition) is 2. The first-order valence-electron chi connectivity index (χ1n) is 7.27. The van der Waals surface area contributed by atoms with Crippen molar-refractivity contribution in [3.63, 3.8) is 0 Å². The molecule has 24 heavy (non-hydrogen) atoms. The molecule has 1 heterocycles. The first kappa shape index (κ1) is 16.5. The van der Waals surface area contributed by atoms with Gasteiger partial charge in [0.1, 0.15) is 0 Å². The normalized spacial score (nSPS) is 10.5. The number of anilines is 4. The van der Waals surface area contributed by atoms with Crippen molar-refractivity contribution in [3.05, 3.63) is 63.8 Å². The van der Waals surface area contributed by atoms with Crippen LogP contribution >= 0.6 is 23.2 Å². The molecule has 0 aliphatic rings. The Labute approximate surface area is 150 Å². The number of aryl methyl sites for hydroxylation is 2. The van der Waals surface area contributed by atoms with Crippen molar-refractivity contribution in [2.24, 2.45) is 0 Å². The molecule has 0 aliphatic carbocycles. The molecule has 7 heteroatoms. The summed E-state index contributed by atoms with van der Waals surface area (Å²) < 4.78 is 0. The maximum Gasteiger partial charge on any atom is 0.249 e. The fraction of sp³-hybridized carbons (Fsp3) is 0.118. The van der Waals surface area contributed by atoms with Gasteiger partial charge in [0.05, 0.1) is 6.20 Å². The number of nitrogens with zero attached hydrogens (tertiary/aromatic N) is 3. The Morgan fingerprint density at radius 2 is 1.42 bits per heavy atom. The first-order chi connectivity index (χ1) is 11.5. The highest BCUT2D eigenvalue weighted by molar-refractivity contribution is 6.31. The van der Waals surface area contributed by atoms with Crippen molar-refractivity contribution in [2.75, 3.05) is 10.6 Å². The van der Waals surface area contributed by atoms with E-state index in [0.29, 0.717) is 21.8 Å². The summed E-state index contributed by atoms with van der Waals surface area (Å²) >= 11 is 12.1. The number of nitrogens with one attached hydrogen (secondary N) is 2. The second kappa shape index (κ2) is 7.03. The molecule has 0 amide bonds. The van der Waals surface area contributed by atoms with Crippen LogP contribution in [0.3, 0.4) is 0 Å². The molecule has 2 N–H and O–H groups in total. The summed E-state index contributed by atoms with van der Waals surface area (Å²) in [5, 5.41) is 15.6. The van der Waals surface area contributed by atoms with E-state index in [0.717, 1.165) is 22.5 Å². The second-order valence-corrected chi connectivity index (χ2v) is 6.21. The molecule has 0 bridgehead atoms. The zero-order valence-corrected chi connectivity index (χ0v) is 14.7. The van der Waals surface area contributed by atoms with E-state index in [1.807, 2.05) is 50.2 Å². The monoisotopic (exact) mass is 359 g/mol. The van der Waals surface area contributed by atoms with Gasteiger partial charge in [-0.2, -0.15) is 10.1 Å². The Hall–Kier alpha value is -2.37. The quantitative estimate of drug-likeness (QED) is 0.663. The van der Waals surface area contributed by atoms with Gasteiger partial charge < -0.3 is 10.6 Å². The van der Waals surface area contributed by atoms with E-state index in [1.165, 1.54) is 0 Å². The van der Waals surface area contributed by atoms with Crippen LogP contribution in [0.1, 0.15) is 11.1 Å². The number of aromatic nitrogens is 3. The maximum absolute atomic E-state index is 6.04. The van der Waals surface area contributed by atoms with Crippen LogP contribution in [0.15, 0.2) is 42.6 Å². The van der Waals surface area contributed by atoms with Gasteiger partial charge >= 0.3 is 0 Å². The number of rotatable bonds is 4. The van der Waals surface area contributed by atoms with Crippen molar-refractivity contribution in [2.45, 2.75) is 13.8 Å². The first-order valence-corrected chi connectivity index (χ1v) is 8.03. The summed E-state index contributed by atoms with van der Waals surface area (Å²) in [4.78, 5) is 4.42. The minimum atomic E-state index is 0.380. The third kappa shape index (κ3) is 3.93. The number of halogens is 2. The summed E-state index contributed by atoms with van der Waals surface area (Å²) in [6.07, 6.45) is 1.55. The zero-order valence-electron chi connectivity index (χ0n) is 13.1. The van der Waals surface area contributed by atoms with Gasteiger partial charge in [-0.15, -0.1) is 5.10 Å². The molecule has 3 aromatic rings. The van der Waals surface area contributed by atoms with Gasteiger partial charge in [-0.05, 0) is 49.2 Å². The number of hydrogen-bond acceptors (Lipinski definition) is 5. The topological polar surface area (TPSA) is 62.7 Å². The molecular formula is C17H15Cl2N5.